The van der Waals surface area contributed by atoms with Crippen LogP contribution >= 0.6 is 0 Å². The van der Waals surface area contributed by atoms with E-state index < -0.39 is 0 Å². The highest BCUT2D eigenvalue weighted by molar-refractivity contribution is 5.89. The van der Waals surface area contributed by atoms with E-state index >= 15 is 0 Å². The van der Waals surface area contributed by atoms with Gasteiger partial charge in [0.15, 0.2) is 0 Å². The molecule has 0 amide bonds. The molecule has 1 nitrogen and oxygen atoms in total. The third-order valence-corrected chi connectivity index (χ3v) is 2.13. The van der Waals surface area contributed by atoms with E-state index in [4.69, 9.17) is 0 Å². The van der Waals surface area contributed by atoms with E-state index in [9.17, 15) is 0 Å². The molecule has 0 aliphatic carbocycles. The zero-order valence-electron chi connectivity index (χ0n) is 10.2. The summed E-state index contributed by atoms with van der Waals surface area (Å²) in [5.74, 6) is 0.282. The van der Waals surface area contributed by atoms with Crippen LogP contribution in [0.4, 0.5) is 0 Å². The van der Waals surface area contributed by atoms with E-state index in [1.165, 1.54) is 5.57 Å². The summed E-state index contributed by atoms with van der Waals surface area (Å²) >= 11 is 0. The van der Waals surface area contributed by atoms with Gasteiger partial charge in [0, 0.05) is 17.8 Å². The fourth-order valence-electron chi connectivity index (χ4n) is 1.37. The van der Waals surface area contributed by atoms with E-state index in [2.05, 4.69) is 30.6 Å². The van der Waals surface area contributed by atoms with Crippen LogP contribution in [-0.2, 0) is 0 Å². The van der Waals surface area contributed by atoms with Crippen molar-refractivity contribution in [3.8, 4) is 0 Å². The van der Waals surface area contributed by atoms with Gasteiger partial charge in [-0.3, -0.25) is 4.99 Å². The van der Waals surface area contributed by atoms with Gasteiger partial charge in [0.25, 0.3) is 0 Å². The smallest absolute Gasteiger partial charge is 0.0360 e. The molecule has 82 valence electrons. The molecule has 1 unspecified atom stereocenters. The van der Waals surface area contributed by atoms with Gasteiger partial charge in [0.2, 0.25) is 0 Å². The van der Waals surface area contributed by atoms with Crippen LogP contribution in [0.1, 0.15) is 27.7 Å². The molecule has 0 N–H and O–H groups in total. The van der Waals surface area contributed by atoms with Crippen molar-refractivity contribution >= 4 is 5.71 Å². The third-order valence-electron chi connectivity index (χ3n) is 2.13. The average molecular weight is 203 g/mol. The Bertz CT molecular complexity index is 303. The molecule has 0 bridgehead atoms. The lowest BCUT2D eigenvalue weighted by molar-refractivity contribution is 1.01. The highest BCUT2D eigenvalue weighted by Crippen LogP contribution is 2.15. The zero-order valence-corrected chi connectivity index (χ0v) is 10.2. The molecule has 15 heavy (non-hydrogen) atoms. The van der Waals surface area contributed by atoms with Crippen LogP contribution in [-0.4, -0.2) is 5.71 Å². The van der Waals surface area contributed by atoms with Gasteiger partial charge in [0.1, 0.15) is 0 Å². The molecule has 0 heterocycles. The van der Waals surface area contributed by atoms with Crippen molar-refractivity contribution in [3.05, 3.63) is 48.7 Å². The average Bonchev–Trinajstić information content (AvgIpc) is 2.22. The summed E-state index contributed by atoms with van der Waals surface area (Å²) in [5, 5.41) is 0. The highest BCUT2D eigenvalue weighted by atomic mass is 14.7. The van der Waals surface area contributed by atoms with Crippen molar-refractivity contribution < 1.29 is 0 Å². The van der Waals surface area contributed by atoms with Crippen LogP contribution in [0.5, 0.6) is 0 Å². The zero-order chi connectivity index (χ0) is 11.7. The fourth-order valence-corrected chi connectivity index (χ4v) is 1.37. The van der Waals surface area contributed by atoms with Gasteiger partial charge in [-0.25, -0.2) is 0 Å². The maximum Gasteiger partial charge on any atom is 0.0360 e. The second kappa shape index (κ2) is 7.98. The molecule has 0 aromatic rings. The molecular formula is C14H21N. The summed E-state index contributed by atoms with van der Waals surface area (Å²) in [5.41, 5.74) is 2.36. The van der Waals surface area contributed by atoms with Crippen LogP contribution in [0, 0.1) is 5.92 Å². The number of nitrogens with zero attached hydrogens (tertiary/aromatic N) is 1. The summed E-state index contributed by atoms with van der Waals surface area (Å²) in [7, 11) is 0. The maximum absolute atomic E-state index is 4.37. The summed E-state index contributed by atoms with van der Waals surface area (Å²) in [4.78, 5) is 4.37. The Morgan fingerprint density at radius 1 is 1.20 bits per heavy atom. The van der Waals surface area contributed by atoms with Crippen molar-refractivity contribution in [2.24, 2.45) is 10.9 Å². The van der Waals surface area contributed by atoms with Gasteiger partial charge >= 0.3 is 0 Å². The van der Waals surface area contributed by atoms with Crippen LogP contribution in [0.2, 0.25) is 0 Å². The Hall–Kier alpha value is -1.37. The lowest BCUT2D eigenvalue weighted by Gasteiger charge is -2.12. The molecule has 0 rings (SSSR count). The summed E-state index contributed by atoms with van der Waals surface area (Å²) < 4.78 is 0. The number of allylic oxidation sites excluding steroid dienone is 6. The van der Waals surface area contributed by atoms with Crippen LogP contribution in [0.25, 0.3) is 0 Å². The van der Waals surface area contributed by atoms with Gasteiger partial charge in [-0.1, -0.05) is 42.5 Å². The fraction of sp³-hybridized carbons (Fsp3) is 0.357. The van der Waals surface area contributed by atoms with Crippen molar-refractivity contribution in [3.63, 3.8) is 0 Å². The predicted octanol–water partition coefficient (Wildman–Crippen LogP) is 4.31. The van der Waals surface area contributed by atoms with Gasteiger partial charge in [-0.05, 0) is 27.7 Å². The molecule has 1 atom stereocenters. The lowest BCUT2D eigenvalue weighted by atomic mass is 9.95. The summed E-state index contributed by atoms with van der Waals surface area (Å²) in [6.45, 7) is 11.8. The largest absolute Gasteiger partial charge is 0.265 e. The summed E-state index contributed by atoms with van der Waals surface area (Å²) in [6, 6.07) is 0. The minimum Gasteiger partial charge on any atom is -0.265 e. The Labute approximate surface area is 93.6 Å². The number of hydrogen-bond donors (Lipinski definition) is 0. The first kappa shape index (κ1) is 13.6. The Kier molecular flexibility index (Phi) is 7.25. The quantitative estimate of drug-likeness (QED) is 0.359. The molecule has 1 heteroatoms. The first-order valence-corrected chi connectivity index (χ1v) is 5.24. The van der Waals surface area contributed by atoms with Crippen molar-refractivity contribution in [2.75, 3.05) is 0 Å². The lowest BCUT2D eigenvalue weighted by Crippen LogP contribution is -2.09. The Morgan fingerprint density at radius 3 is 2.33 bits per heavy atom. The monoisotopic (exact) mass is 203 g/mol. The van der Waals surface area contributed by atoms with Crippen molar-refractivity contribution in [1.82, 2.24) is 0 Å². The first-order chi connectivity index (χ1) is 7.17. The van der Waals surface area contributed by atoms with Gasteiger partial charge < -0.3 is 0 Å². The van der Waals surface area contributed by atoms with Gasteiger partial charge in [0.05, 0.1) is 0 Å². The van der Waals surface area contributed by atoms with E-state index in [-0.39, 0.29) is 5.92 Å². The van der Waals surface area contributed by atoms with E-state index in [1.807, 2.05) is 45.2 Å². The molecule has 0 aliphatic rings. The third kappa shape index (κ3) is 5.16. The maximum atomic E-state index is 4.37. The number of rotatable bonds is 5. The molecule has 0 saturated carbocycles. The summed E-state index contributed by atoms with van der Waals surface area (Å²) in [6.07, 6.45) is 11.8. The molecule has 0 aromatic carbocycles. The minimum absolute atomic E-state index is 0.282. The van der Waals surface area contributed by atoms with Crippen molar-refractivity contribution in [1.29, 1.82) is 0 Å². The number of aliphatic imine (C=N–C) groups is 1. The van der Waals surface area contributed by atoms with Crippen LogP contribution in [0.15, 0.2) is 53.7 Å². The second-order valence-corrected chi connectivity index (χ2v) is 3.40. The standard InChI is InChI=1S/C14H21N/c1-6-9-12(4)14(10-7-2)13(5)15-11-8-3/h6-11,14H,1H2,2-5H3/b10-7-,11-8-,12-9+,15-13?. The molecule has 0 aromatic heterocycles. The molecule has 0 aliphatic heterocycles. The topological polar surface area (TPSA) is 12.4 Å². The highest BCUT2D eigenvalue weighted by Gasteiger charge is 2.09. The number of hydrogen-bond acceptors (Lipinski definition) is 1. The SMILES string of the molecule is C=C/C=C(\C)C(/C=C\C)C(C)=N/C=C\C. The predicted molar refractivity (Wildman–Crippen MR) is 70.2 cm³/mol. The van der Waals surface area contributed by atoms with Crippen LogP contribution in [0.3, 0.4) is 0 Å². The first-order valence-electron chi connectivity index (χ1n) is 5.24. The molecule has 0 saturated heterocycles. The van der Waals surface area contributed by atoms with Gasteiger partial charge in [-0.2, -0.15) is 0 Å². The van der Waals surface area contributed by atoms with Crippen molar-refractivity contribution in [2.45, 2.75) is 27.7 Å². The van der Waals surface area contributed by atoms with E-state index in [1.54, 1.807) is 0 Å². The normalized spacial score (nSPS) is 16.3. The molecular weight excluding hydrogens is 182 g/mol. The molecule has 0 radical (unpaired) electrons. The van der Waals surface area contributed by atoms with E-state index in [0.29, 0.717) is 0 Å². The molecule has 0 fully saturated rings. The Morgan fingerprint density at radius 2 is 1.87 bits per heavy atom. The second-order valence-electron chi connectivity index (χ2n) is 3.40. The Balaban J connectivity index is 4.96. The van der Waals surface area contributed by atoms with E-state index in [0.717, 1.165) is 5.71 Å². The van der Waals surface area contributed by atoms with Gasteiger partial charge in [-0.15, -0.1) is 0 Å². The van der Waals surface area contributed by atoms with Crippen LogP contribution < -0.4 is 0 Å². The minimum atomic E-state index is 0.282. The molecule has 0 spiro atoms.